The number of rotatable bonds is 4. The summed E-state index contributed by atoms with van der Waals surface area (Å²) in [5.74, 6) is 1.38. The van der Waals surface area contributed by atoms with Gasteiger partial charge in [-0.25, -0.2) is 27.6 Å². The van der Waals surface area contributed by atoms with Gasteiger partial charge in [-0.05, 0) is 31.0 Å². The number of fused-ring (bicyclic) bond motifs is 2. The topological polar surface area (TPSA) is 104 Å². The van der Waals surface area contributed by atoms with E-state index in [1.54, 1.807) is 24.8 Å². The van der Waals surface area contributed by atoms with Gasteiger partial charge in [0.1, 0.15) is 5.82 Å². The monoisotopic (exact) mass is 390 g/mol. The smallest absolute Gasteiger partial charge is 0.295 e. The molecule has 1 aliphatic rings. The molecule has 0 aliphatic carbocycles. The Hall–Kier alpha value is -2.46. The highest BCUT2D eigenvalue weighted by molar-refractivity contribution is 7.89. The lowest BCUT2D eigenvalue weighted by Crippen LogP contribution is -2.33. The molecule has 27 heavy (non-hydrogen) atoms. The summed E-state index contributed by atoms with van der Waals surface area (Å²) in [4.78, 5) is 16.7. The predicted octanol–water partition coefficient (Wildman–Crippen LogP) is 0.844. The van der Waals surface area contributed by atoms with Crippen LogP contribution in [0.5, 0.6) is 0 Å². The fourth-order valence-corrected chi connectivity index (χ4v) is 4.82. The Bertz CT molecular complexity index is 1190. The first-order chi connectivity index (χ1) is 12.8. The highest BCUT2D eigenvalue weighted by Gasteiger charge is 2.29. The summed E-state index contributed by atoms with van der Waals surface area (Å²) in [5, 5.41) is 4.42. The van der Waals surface area contributed by atoms with E-state index in [1.807, 2.05) is 6.92 Å². The van der Waals surface area contributed by atoms with Crippen LogP contribution in [-0.4, -0.2) is 32.3 Å². The Morgan fingerprint density at radius 1 is 1.22 bits per heavy atom. The van der Waals surface area contributed by atoms with Gasteiger partial charge >= 0.3 is 5.69 Å². The van der Waals surface area contributed by atoms with Gasteiger partial charge in [0, 0.05) is 27.1 Å². The lowest BCUT2D eigenvalue weighted by Gasteiger charge is -2.23. The molecule has 1 atom stereocenters. The number of aromatic nitrogens is 5. The van der Waals surface area contributed by atoms with Crippen molar-refractivity contribution in [3.8, 4) is 0 Å². The maximum atomic E-state index is 13.0. The normalized spacial score (nSPS) is 17.4. The second kappa shape index (κ2) is 6.31. The summed E-state index contributed by atoms with van der Waals surface area (Å²) in [6, 6.07) is 4.30. The van der Waals surface area contributed by atoms with E-state index in [1.165, 1.54) is 21.3 Å². The van der Waals surface area contributed by atoms with Crippen LogP contribution < -0.4 is 10.4 Å². The van der Waals surface area contributed by atoms with Crippen molar-refractivity contribution in [2.24, 2.45) is 14.1 Å². The average Bonchev–Trinajstić information content (AvgIpc) is 3.18. The Kier molecular flexibility index (Phi) is 4.19. The van der Waals surface area contributed by atoms with Crippen LogP contribution >= 0.6 is 0 Å². The summed E-state index contributed by atoms with van der Waals surface area (Å²) in [7, 11) is -0.474. The number of aryl methyl sites for hydroxylation is 4. The minimum Gasteiger partial charge on any atom is -0.295 e. The maximum Gasteiger partial charge on any atom is 0.328 e. The SMILES string of the molecule is CCc1nc2n(n1)CCC[C@@H]2NS(=O)(=O)c1ccc2c(c1)n(C)c(=O)n2C. The first kappa shape index (κ1) is 17.9. The van der Waals surface area contributed by atoms with E-state index >= 15 is 0 Å². The van der Waals surface area contributed by atoms with Crippen LogP contribution in [0.15, 0.2) is 27.9 Å². The highest BCUT2D eigenvalue weighted by atomic mass is 32.2. The van der Waals surface area contributed by atoms with Crippen molar-refractivity contribution in [2.75, 3.05) is 0 Å². The third-order valence-corrected chi connectivity index (χ3v) is 6.56. The molecule has 3 aromatic rings. The molecule has 1 aromatic carbocycles. The van der Waals surface area contributed by atoms with E-state index in [0.717, 1.165) is 18.8 Å². The molecule has 0 fully saturated rings. The average molecular weight is 390 g/mol. The van der Waals surface area contributed by atoms with Crippen LogP contribution in [0.2, 0.25) is 0 Å². The molecule has 2 aromatic heterocycles. The van der Waals surface area contributed by atoms with Gasteiger partial charge in [-0.3, -0.25) is 9.13 Å². The predicted molar refractivity (Wildman–Crippen MR) is 99.9 cm³/mol. The summed E-state index contributed by atoms with van der Waals surface area (Å²) < 4.78 is 33.4. The van der Waals surface area contributed by atoms with Gasteiger partial charge in [0.15, 0.2) is 5.82 Å². The zero-order chi connectivity index (χ0) is 19.3. The molecule has 4 rings (SSSR count). The van der Waals surface area contributed by atoms with Gasteiger partial charge in [-0.15, -0.1) is 0 Å². The lowest BCUT2D eigenvalue weighted by atomic mass is 10.1. The molecule has 0 spiro atoms. The Balaban J connectivity index is 1.71. The van der Waals surface area contributed by atoms with E-state index in [9.17, 15) is 13.2 Å². The molecule has 1 N–H and O–H groups in total. The molecule has 144 valence electrons. The molecular weight excluding hydrogens is 368 g/mol. The van der Waals surface area contributed by atoms with E-state index in [0.29, 0.717) is 29.7 Å². The second-order valence-corrected chi connectivity index (χ2v) is 8.54. The maximum absolute atomic E-state index is 13.0. The number of nitrogens with zero attached hydrogens (tertiary/aromatic N) is 5. The Labute approximate surface area is 156 Å². The van der Waals surface area contributed by atoms with E-state index in [-0.39, 0.29) is 10.6 Å². The summed E-state index contributed by atoms with van der Waals surface area (Å²) in [6.07, 6.45) is 2.21. The molecule has 9 nitrogen and oxygen atoms in total. The fraction of sp³-hybridized carbons (Fsp3) is 0.471. The lowest BCUT2D eigenvalue weighted by molar-refractivity contribution is 0.399. The van der Waals surface area contributed by atoms with Crippen molar-refractivity contribution in [3.63, 3.8) is 0 Å². The van der Waals surface area contributed by atoms with E-state index in [4.69, 9.17) is 0 Å². The van der Waals surface area contributed by atoms with Crippen molar-refractivity contribution >= 4 is 21.1 Å². The number of hydrogen-bond donors (Lipinski definition) is 1. The summed E-state index contributed by atoms with van der Waals surface area (Å²) >= 11 is 0. The number of sulfonamides is 1. The van der Waals surface area contributed by atoms with Crippen LogP contribution in [0.25, 0.3) is 11.0 Å². The fourth-order valence-electron chi connectivity index (χ4n) is 3.57. The van der Waals surface area contributed by atoms with Crippen molar-refractivity contribution in [2.45, 2.75) is 43.7 Å². The quantitative estimate of drug-likeness (QED) is 0.711. The molecular formula is C17H22N6O3S. The third kappa shape index (κ3) is 2.88. The van der Waals surface area contributed by atoms with Crippen LogP contribution in [-0.2, 0) is 37.1 Å². The number of benzene rings is 1. The van der Waals surface area contributed by atoms with Crippen LogP contribution in [0, 0.1) is 0 Å². The molecule has 3 heterocycles. The zero-order valence-electron chi connectivity index (χ0n) is 15.5. The molecule has 0 bridgehead atoms. The number of imidazole rings is 1. The molecule has 0 amide bonds. The number of nitrogens with one attached hydrogen (secondary N) is 1. The van der Waals surface area contributed by atoms with Crippen LogP contribution in [0.1, 0.15) is 37.5 Å². The standard InChI is InChI=1S/C17H22N6O3S/c1-4-15-18-16-12(6-5-9-23(16)19-15)20-27(25,26)11-7-8-13-14(10-11)22(3)17(24)21(13)2/h7-8,10,12,20H,4-6,9H2,1-3H3/t12-/m0/s1. The molecule has 0 radical (unpaired) electrons. The summed E-state index contributed by atoms with van der Waals surface area (Å²) in [5.41, 5.74) is 1.07. The molecule has 0 unspecified atom stereocenters. The molecule has 1 aliphatic heterocycles. The first-order valence-electron chi connectivity index (χ1n) is 8.93. The number of hydrogen-bond acceptors (Lipinski definition) is 5. The molecule has 0 saturated carbocycles. The van der Waals surface area contributed by atoms with Crippen molar-refractivity contribution in [3.05, 3.63) is 40.3 Å². The van der Waals surface area contributed by atoms with Gasteiger partial charge in [0.25, 0.3) is 0 Å². The van der Waals surface area contributed by atoms with Crippen LogP contribution in [0.3, 0.4) is 0 Å². The molecule has 10 heteroatoms. The minimum absolute atomic E-state index is 0.128. The summed E-state index contributed by atoms with van der Waals surface area (Å²) in [6.45, 7) is 2.72. The van der Waals surface area contributed by atoms with Gasteiger partial charge in [-0.2, -0.15) is 5.10 Å². The minimum atomic E-state index is -3.77. The van der Waals surface area contributed by atoms with Gasteiger partial charge in [-0.1, -0.05) is 6.92 Å². The van der Waals surface area contributed by atoms with Crippen molar-refractivity contribution in [1.29, 1.82) is 0 Å². The Morgan fingerprint density at radius 2 is 1.96 bits per heavy atom. The highest BCUT2D eigenvalue weighted by Crippen LogP contribution is 2.26. The van der Waals surface area contributed by atoms with Crippen LogP contribution in [0.4, 0.5) is 0 Å². The van der Waals surface area contributed by atoms with Crippen molar-refractivity contribution < 1.29 is 8.42 Å². The second-order valence-electron chi connectivity index (χ2n) is 6.83. The van der Waals surface area contributed by atoms with Gasteiger partial charge in [0.2, 0.25) is 10.0 Å². The molecule has 0 saturated heterocycles. The Morgan fingerprint density at radius 3 is 2.70 bits per heavy atom. The largest absolute Gasteiger partial charge is 0.328 e. The van der Waals surface area contributed by atoms with E-state index in [2.05, 4.69) is 14.8 Å². The van der Waals surface area contributed by atoms with E-state index < -0.39 is 16.1 Å². The first-order valence-corrected chi connectivity index (χ1v) is 10.4. The third-order valence-electron chi connectivity index (χ3n) is 5.09. The van der Waals surface area contributed by atoms with Gasteiger partial charge in [0.05, 0.1) is 22.0 Å². The van der Waals surface area contributed by atoms with Gasteiger partial charge < -0.3 is 0 Å². The zero-order valence-corrected chi connectivity index (χ0v) is 16.3. The van der Waals surface area contributed by atoms with Crippen molar-refractivity contribution in [1.82, 2.24) is 28.6 Å².